The maximum atomic E-state index is 9.49. The summed E-state index contributed by atoms with van der Waals surface area (Å²) in [6, 6.07) is 1.83. The fourth-order valence-electron chi connectivity index (χ4n) is 2.03. The Labute approximate surface area is 131 Å². The Morgan fingerprint density at radius 2 is 2.18 bits per heavy atom. The third-order valence-corrected chi connectivity index (χ3v) is 4.05. The van der Waals surface area contributed by atoms with Gasteiger partial charge in [0.2, 0.25) is 5.95 Å². The first-order chi connectivity index (χ1) is 10.6. The lowest BCUT2D eigenvalue weighted by Gasteiger charge is -2.06. The maximum absolute atomic E-state index is 9.49. The first-order valence-electron chi connectivity index (χ1n) is 6.71. The molecule has 0 aliphatic heterocycles. The zero-order chi connectivity index (χ0) is 15.5. The van der Waals surface area contributed by atoms with Crippen molar-refractivity contribution >= 4 is 22.4 Å². The predicted molar refractivity (Wildman–Crippen MR) is 88.5 cm³/mol. The molecule has 0 bridgehead atoms. The van der Waals surface area contributed by atoms with Crippen LogP contribution in [0.25, 0.3) is 10.6 Å². The van der Waals surface area contributed by atoms with E-state index in [-0.39, 0.29) is 0 Å². The molecule has 0 unspecified atom stereocenters. The number of nitrogens with zero attached hydrogens (tertiary/aromatic N) is 3. The molecule has 0 amide bonds. The van der Waals surface area contributed by atoms with Crippen LogP contribution in [-0.2, 0) is 0 Å². The van der Waals surface area contributed by atoms with E-state index in [1.165, 1.54) is 11.3 Å². The van der Waals surface area contributed by atoms with Gasteiger partial charge in [0, 0.05) is 18.3 Å². The van der Waals surface area contributed by atoms with Crippen molar-refractivity contribution in [1.29, 1.82) is 0 Å². The Morgan fingerprint density at radius 1 is 1.32 bits per heavy atom. The average molecular weight is 313 g/mol. The molecule has 6 nitrogen and oxygen atoms in total. The maximum Gasteiger partial charge on any atom is 0.227 e. The zero-order valence-electron chi connectivity index (χ0n) is 11.9. The minimum absolute atomic E-state index is 0.318. The molecule has 22 heavy (non-hydrogen) atoms. The van der Waals surface area contributed by atoms with E-state index in [4.69, 9.17) is 5.73 Å². The Kier molecular flexibility index (Phi) is 3.88. The van der Waals surface area contributed by atoms with Gasteiger partial charge in [0.25, 0.3) is 0 Å². The highest BCUT2D eigenvalue weighted by Crippen LogP contribution is 2.30. The van der Waals surface area contributed by atoms with Gasteiger partial charge in [-0.15, -0.1) is 0 Å². The lowest BCUT2D eigenvalue weighted by Crippen LogP contribution is -2.02. The highest BCUT2D eigenvalue weighted by atomic mass is 32.1. The van der Waals surface area contributed by atoms with Crippen molar-refractivity contribution in [3.63, 3.8) is 0 Å². The van der Waals surface area contributed by atoms with Crippen LogP contribution in [0.4, 0.5) is 11.1 Å². The van der Waals surface area contributed by atoms with E-state index < -0.39 is 0 Å². The summed E-state index contributed by atoms with van der Waals surface area (Å²) in [5.41, 5.74) is 8.18. The average Bonchev–Trinajstić information content (AvgIpc) is 2.70. The molecular weight excluding hydrogens is 298 g/mol. The van der Waals surface area contributed by atoms with Crippen LogP contribution in [0.2, 0.25) is 0 Å². The molecule has 1 aliphatic rings. The molecule has 4 N–H and O–H groups in total. The quantitative estimate of drug-likeness (QED) is 0.805. The van der Waals surface area contributed by atoms with Crippen molar-refractivity contribution < 1.29 is 5.11 Å². The number of nitrogen functional groups attached to an aromatic ring is 1. The van der Waals surface area contributed by atoms with Crippen LogP contribution >= 0.6 is 11.3 Å². The number of aliphatic hydroxyl groups excluding tert-OH is 1. The molecule has 0 aromatic carbocycles. The van der Waals surface area contributed by atoms with Gasteiger partial charge in [-0.1, -0.05) is 17.4 Å². The highest BCUT2D eigenvalue weighted by Gasteiger charge is 2.10. The standard InChI is InChI=1S/C15H15N5OS/c1-9-13(22-14(16)18-9)12-7-8-17-15(20-12)19-10-3-2-4-11(21)6-5-10/h2-3,5-8,21H,4H2,1H3,(H2,16,18)(H,17,19,20). The van der Waals surface area contributed by atoms with Gasteiger partial charge in [-0.2, -0.15) is 0 Å². The van der Waals surface area contributed by atoms with E-state index in [9.17, 15) is 5.11 Å². The minimum Gasteiger partial charge on any atom is -0.512 e. The second kappa shape index (κ2) is 5.98. The normalized spacial score (nSPS) is 14.2. The number of nitrogens with one attached hydrogen (secondary N) is 1. The molecule has 7 heteroatoms. The molecule has 0 atom stereocenters. The van der Waals surface area contributed by atoms with Gasteiger partial charge in [0.05, 0.1) is 22.0 Å². The van der Waals surface area contributed by atoms with Crippen molar-refractivity contribution in [3.8, 4) is 10.6 Å². The van der Waals surface area contributed by atoms with Gasteiger partial charge in [-0.05, 0) is 31.2 Å². The predicted octanol–water partition coefficient (Wildman–Crippen LogP) is 3.19. The zero-order valence-corrected chi connectivity index (χ0v) is 12.8. The van der Waals surface area contributed by atoms with Gasteiger partial charge in [-0.3, -0.25) is 0 Å². The summed E-state index contributed by atoms with van der Waals surface area (Å²) < 4.78 is 0. The molecule has 112 valence electrons. The van der Waals surface area contributed by atoms with E-state index in [0.717, 1.165) is 22.0 Å². The van der Waals surface area contributed by atoms with E-state index in [0.29, 0.717) is 23.3 Å². The Morgan fingerprint density at radius 3 is 2.95 bits per heavy atom. The topological polar surface area (TPSA) is 97.0 Å². The van der Waals surface area contributed by atoms with Gasteiger partial charge in [0.1, 0.15) is 0 Å². The van der Waals surface area contributed by atoms with Gasteiger partial charge < -0.3 is 16.2 Å². The van der Waals surface area contributed by atoms with Crippen molar-refractivity contribution in [2.75, 3.05) is 11.1 Å². The van der Waals surface area contributed by atoms with Crippen LogP contribution in [0.15, 0.2) is 48.0 Å². The smallest absolute Gasteiger partial charge is 0.227 e. The number of allylic oxidation sites excluding steroid dienone is 4. The first-order valence-corrected chi connectivity index (χ1v) is 7.53. The highest BCUT2D eigenvalue weighted by molar-refractivity contribution is 7.18. The summed E-state index contributed by atoms with van der Waals surface area (Å²) in [7, 11) is 0. The molecule has 2 aromatic rings. The van der Waals surface area contributed by atoms with Crippen molar-refractivity contribution in [1.82, 2.24) is 15.0 Å². The summed E-state index contributed by atoms with van der Waals surface area (Å²) in [6.07, 6.45) is 9.39. The molecule has 0 fully saturated rings. The van der Waals surface area contributed by atoms with E-state index in [2.05, 4.69) is 20.3 Å². The monoisotopic (exact) mass is 313 g/mol. The van der Waals surface area contributed by atoms with E-state index in [1.807, 2.05) is 25.1 Å². The number of rotatable bonds is 3. The third-order valence-electron chi connectivity index (χ3n) is 3.04. The number of aryl methyl sites for hydroxylation is 1. The SMILES string of the molecule is Cc1nc(N)sc1-c1ccnc(NC2=CC=C(O)CC=C2)n1. The molecule has 2 aromatic heterocycles. The Hall–Kier alpha value is -2.67. The van der Waals surface area contributed by atoms with Gasteiger partial charge >= 0.3 is 0 Å². The first kappa shape index (κ1) is 14.3. The van der Waals surface area contributed by atoms with Crippen molar-refractivity contribution in [2.45, 2.75) is 13.3 Å². The number of aliphatic hydroxyl groups is 1. The molecule has 0 spiro atoms. The molecule has 2 heterocycles. The van der Waals surface area contributed by atoms with Gasteiger partial charge in [0.15, 0.2) is 5.13 Å². The fraction of sp³-hybridized carbons (Fsp3) is 0.133. The molecule has 1 aliphatic carbocycles. The number of hydrogen-bond donors (Lipinski definition) is 3. The molecular formula is C15H15N5OS. The number of hydrogen-bond acceptors (Lipinski definition) is 7. The van der Waals surface area contributed by atoms with Crippen molar-refractivity contribution in [2.24, 2.45) is 0 Å². The largest absolute Gasteiger partial charge is 0.512 e. The number of anilines is 2. The number of aromatic nitrogens is 3. The Balaban J connectivity index is 1.87. The summed E-state index contributed by atoms with van der Waals surface area (Å²) in [5.74, 6) is 0.799. The second-order valence-corrected chi connectivity index (χ2v) is 5.77. The summed E-state index contributed by atoms with van der Waals surface area (Å²) in [4.78, 5) is 13.9. The van der Waals surface area contributed by atoms with Crippen LogP contribution in [0.3, 0.4) is 0 Å². The van der Waals surface area contributed by atoms with Crippen LogP contribution < -0.4 is 11.1 Å². The van der Waals surface area contributed by atoms with E-state index >= 15 is 0 Å². The number of nitrogens with two attached hydrogens (primary N) is 1. The summed E-state index contributed by atoms with van der Waals surface area (Å²) in [5, 5.41) is 13.1. The van der Waals surface area contributed by atoms with Crippen LogP contribution in [0, 0.1) is 6.92 Å². The second-order valence-electron chi connectivity index (χ2n) is 4.74. The van der Waals surface area contributed by atoms with Crippen LogP contribution in [0.5, 0.6) is 0 Å². The molecule has 3 rings (SSSR count). The van der Waals surface area contributed by atoms with Crippen molar-refractivity contribution in [3.05, 3.63) is 53.7 Å². The lowest BCUT2D eigenvalue weighted by molar-refractivity contribution is 0.402. The Bertz CT molecular complexity index is 791. The van der Waals surface area contributed by atoms with Crippen LogP contribution in [-0.4, -0.2) is 20.1 Å². The lowest BCUT2D eigenvalue weighted by atomic mass is 10.3. The fourth-order valence-corrected chi connectivity index (χ4v) is 2.83. The summed E-state index contributed by atoms with van der Waals surface area (Å²) >= 11 is 1.40. The molecule has 0 saturated carbocycles. The summed E-state index contributed by atoms with van der Waals surface area (Å²) in [6.45, 7) is 1.90. The minimum atomic E-state index is 0.318. The molecule has 0 saturated heterocycles. The molecule has 0 radical (unpaired) electrons. The number of thiazole rings is 1. The van der Waals surface area contributed by atoms with Gasteiger partial charge in [-0.25, -0.2) is 15.0 Å². The van der Waals surface area contributed by atoms with Crippen LogP contribution in [0.1, 0.15) is 12.1 Å². The third kappa shape index (κ3) is 3.15. The van der Waals surface area contributed by atoms with E-state index in [1.54, 1.807) is 18.3 Å².